The van der Waals surface area contributed by atoms with E-state index in [-0.39, 0.29) is 5.75 Å². The zero-order chi connectivity index (χ0) is 14.9. The lowest BCUT2D eigenvalue weighted by Crippen LogP contribution is -2.17. The second-order valence-corrected chi connectivity index (χ2v) is 4.98. The van der Waals surface area contributed by atoms with Gasteiger partial charge >= 0.3 is 6.36 Å². The molecule has 7 heteroatoms. The molecule has 110 valence electrons. The average molecular weight is 313 g/mol. The van der Waals surface area contributed by atoms with Crippen molar-refractivity contribution in [2.45, 2.75) is 12.9 Å². The number of hydrogen-bond donors (Lipinski definition) is 1. The molecule has 0 saturated heterocycles. The van der Waals surface area contributed by atoms with Gasteiger partial charge in [0.2, 0.25) is 0 Å². The molecule has 1 aliphatic heterocycles. The van der Waals surface area contributed by atoms with Crippen LogP contribution < -0.4 is 13.6 Å². The van der Waals surface area contributed by atoms with Crippen LogP contribution in [0.4, 0.5) is 13.2 Å². The highest BCUT2D eigenvalue weighted by Crippen LogP contribution is 2.38. The van der Waals surface area contributed by atoms with E-state index >= 15 is 0 Å². The van der Waals surface area contributed by atoms with Crippen molar-refractivity contribution >= 4 is 12.2 Å². The first-order valence-electron chi connectivity index (χ1n) is 6.07. The summed E-state index contributed by atoms with van der Waals surface area (Å²) in [5, 5.41) is 0. The average Bonchev–Trinajstić information content (AvgIpc) is 2.46. The minimum atomic E-state index is -4.68. The van der Waals surface area contributed by atoms with E-state index in [0.717, 1.165) is 34.7 Å². The topological polar surface area (TPSA) is 30.5 Å². The van der Waals surface area contributed by atoms with Crippen LogP contribution in [0.2, 0.25) is 0 Å². The summed E-state index contributed by atoms with van der Waals surface area (Å²) < 4.78 is 48.8. The van der Waals surface area contributed by atoms with Crippen LogP contribution in [0.25, 0.3) is 11.1 Å². The molecule has 2 aromatic rings. The molecule has 0 fully saturated rings. The first kappa shape index (κ1) is 14.1. The van der Waals surface area contributed by atoms with Gasteiger partial charge < -0.3 is 8.92 Å². The first-order valence-corrected chi connectivity index (χ1v) is 6.81. The van der Waals surface area contributed by atoms with E-state index in [4.69, 9.17) is 4.18 Å². The summed E-state index contributed by atoms with van der Waals surface area (Å²) in [4.78, 5) is 0. The van der Waals surface area contributed by atoms with Gasteiger partial charge in [-0.3, -0.25) is 0 Å². The summed E-state index contributed by atoms with van der Waals surface area (Å²) in [7, 11) is 0. The summed E-state index contributed by atoms with van der Waals surface area (Å²) in [6, 6.07) is 11.4. The van der Waals surface area contributed by atoms with Crippen molar-refractivity contribution in [1.82, 2.24) is 4.72 Å². The lowest BCUT2D eigenvalue weighted by Gasteiger charge is -2.19. The fourth-order valence-electron chi connectivity index (χ4n) is 2.06. The second-order valence-electron chi connectivity index (χ2n) is 4.35. The third-order valence-corrected chi connectivity index (χ3v) is 3.45. The number of rotatable bonds is 2. The van der Waals surface area contributed by atoms with Gasteiger partial charge in [-0.2, -0.15) is 0 Å². The molecule has 0 saturated carbocycles. The highest BCUT2D eigenvalue weighted by molar-refractivity contribution is 7.93. The molecule has 0 aliphatic carbocycles. The van der Waals surface area contributed by atoms with Gasteiger partial charge in [0.15, 0.2) is 5.75 Å². The maximum absolute atomic E-state index is 12.1. The largest absolute Gasteiger partial charge is 0.573 e. The van der Waals surface area contributed by atoms with Crippen LogP contribution in [0.15, 0.2) is 42.5 Å². The highest BCUT2D eigenvalue weighted by atomic mass is 32.2. The Kier molecular flexibility index (Phi) is 3.69. The van der Waals surface area contributed by atoms with Crippen LogP contribution >= 0.6 is 12.2 Å². The molecule has 0 bridgehead atoms. The fourth-order valence-corrected chi connectivity index (χ4v) is 2.62. The Morgan fingerprint density at radius 2 is 1.86 bits per heavy atom. The van der Waals surface area contributed by atoms with E-state index in [9.17, 15) is 13.2 Å². The van der Waals surface area contributed by atoms with Gasteiger partial charge in [-0.1, -0.05) is 30.3 Å². The highest BCUT2D eigenvalue weighted by Gasteiger charge is 2.31. The van der Waals surface area contributed by atoms with Crippen molar-refractivity contribution in [1.29, 1.82) is 0 Å². The molecule has 1 N–H and O–H groups in total. The van der Waals surface area contributed by atoms with Crippen LogP contribution in [0.1, 0.15) is 5.56 Å². The lowest BCUT2D eigenvalue weighted by atomic mass is 10.0. The molecule has 0 spiro atoms. The van der Waals surface area contributed by atoms with Crippen LogP contribution in [-0.4, -0.2) is 6.36 Å². The molecule has 3 nitrogen and oxygen atoms in total. The van der Waals surface area contributed by atoms with E-state index in [1.807, 2.05) is 18.2 Å². The van der Waals surface area contributed by atoms with Crippen LogP contribution in [-0.2, 0) is 6.54 Å². The third-order valence-electron chi connectivity index (χ3n) is 2.94. The summed E-state index contributed by atoms with van der Waals surface area (Å²) in [5.74, 6) is 0.485. The number of hydrogen-bond acceptors (Lipinski definition) is 4. The second kappa shape index (κ2) is 5.50. The van der Waals surface area contributed by atoms with Crippen molar-refractivity contribution in [2.24, 2.45) is 0 Å². The Bertz CT molecular complexity index is 644. The third kappa shape index (κ3) is 3.25. The smallest absolute Gasteiger partial charge is 0.409 e. The molecule has 21 heavy (non-hydrogen) atoms. The van der Waals surface area contributed by atoms with E-state index in [1.54, 1.807) is 12.1 Å². The summed E-state index contributed by atoms with van der Waals surface area (Å²) in [6.07, 6.45) is -4.68. The van der Waals surface area contributed by atoms with E-state index in [1.165, 1.54) is 12.1 Å². The van der Waals surface area contributed by atoms with Gasteiger partial charge in [0, 0.05) is 17.7 Å². The number of halogens is 3. The SMILES string of the molecule is FC(F)(F)Oc1ccc(-c2cccc3c2OSNC3)cc1. The predicted octanol–water partition coefficient (Wildman–Crippen LogP) is 4.30. The molecule has 2 aromatic carbocycles. The molecule has 3 rings (SSSR count). The van der Waals surface area contributed by atoms with E-state index < -0.39 is 6.36 Å². The maximum atomic E-state index is 12.1. The number of alkyl halides is 3. The van der Waals surface area contributed by atoms with E-state index in [2.05, 4.69) is 9.46 Å². The predicted molar refractivity (Wildman–Crippen MR) is 73.6 cm³/mol. The molecule has 0 atom stereocenters. The zero-order valence-electron chi connectivity index (χ0n) is 10.6. The monoisotopic (exact) mass is 313 g/mol. The van der Waals surface area contributed by atoms with Gasteiger partial charge in [0.1, 0.15) is 18.0 Å². The van der Waals surface area contributed by atoms with Gasteiger partial charge in [-0.05, 0) is 17.7 Å². The molecule has 0 aromatic heterocycles. The molecule has 0 radical (unpaired) electrons. The Hall–Kier alpha value is -1.86. The summed E-state index contributed by atoms with van der Waals surface area (Å²) in [6.45, 7) is 0.670. The normalized spacial score (nSPS) is 14.2. The van der Waals surface area contributed by atoms with E-state index in [0.29, 0.717) is 6.54 Å². The van der Waals surface area contributed by atoms with Gasteiger partial charge in [0.25, 0.3) is 0 Å². The van der Waals surface area contributed by atoms with Crippen molar-refractivity contribution in [3.8, 4) is 22.6 Å². The van der Waals surface area contributed by atoms with Crippen LogP contribution in [0.5, 0.6) is 11.5 Å². The summed E-state index contributed by atoms with van der Waals surface area (Å²) >= 11 is 1.13. The molecular weight excluding hydrogens is 303 g/mol. The molecule has 1 aliphatic rings. The Morgan fingerprint density at radius 3 is 2.57 bits per heavy atom. The minimum absolute atomic E-state index is 0.243. The fraction of sp³-hybridized carbons (Fsp3) is 0.143. The number of benzene rings is 2. The quantitative estimate of drug-likeness (QED) is 0.661. The van der Waals surface area contributed by atoms with Crippen LogP contribution in [0, 0.1) is 0 Å². The Labute approximate surface area is 123 Å². The standard InChI is InChI=1S/C14H10F3NO2S/c15-14(16,17)19-11-6-4-9(5-7-11)12-3-1-2-10-8-18-21-20-13(10)12/h1-7,18H,8H2. The van der Waals surface area contributed by atoms with Gasteiger partial charge in [0.05, 0.1) is 0 Å². The van der Waals surface area contributed by atoms with Crippen molar-refractivity contribution in [2.75, 3.05) is 0 Å². The number of fused-ring (bicyclic) bond motifs is 1. The van der Waals surface area contributed by atoms with Gasteiger partial charge in [-0.25, -0.2) is 4.72 Å². The summed E-state index contributed by atoms with van der Waals surface area (Å²) in [5.41, 5.74) is 2.60. The molecule has 0 unspecified atom stereocenters. The molecule has 0 amide bonds. The van der Waals surface area contributed by atoms with Crippen molar-refractivity contribution in [3.63, 3.8) is 0 Å². The number of ether oxygens (including phenoxy) is 1. The van der Waals surface area contributed by atoms with Crippen molar-refractivity contribution < 1.29 is 22.1 Å². The molecule has 1 heterocycles. The number of nitrogens with one attached hydrogen (secondary N) is 1. The van der Waals surface area contributed by atoms with Crippen LogP contribution in [0.3, 0.4) is 0 Å². The van der Waals surface area contributed by atoms with Crippen molar-refractivity contribution in [3.05, 3.63) is 48.0 Å². The number of para-hydroxylation sites is 1. The molecular formula is C14H10F3NO2S. The zero-order valence-corrected chi connectivity index (χ0v) is 11.4. The maximum Gasteiger partial charge on any atom is 0.573 e. The lowest BCUT2D eigenvalue weighted by molar-refractivity contribution is -0.274. The first-order chi connectivity index (χ1) is 10.0. The minimum Gasteiger partial charge on any atom is -0.409 e. The Balaban J connectivity index is 1.91. The Morgan fingerprint density at radius 1 is 1.10 bits per heavy atom. The van der Waals surface area contributed by atoms with Gasteiger partial charge in [-0.15, -0.1) is 13.2 Å².